The highest BCUT2D eigenvalue weighted by Crippen LogP contribution is 2.28. The van der Waals surface area contributed by atoms with Gasteiger partial charge in [0.2, 0.25) is 0 Å². The lowest BCUT2D eigenvalue weighted by Crippen LogP contribution is -2.51. The van der Waals surface area contributed by atoms with Gasteiger partial charge in [0, 0.05) is 16.0 Å². The Morgan fingerprint density at radius 2 is 2.19 bits per heavy atom. The van der Waals surface area contributed by atoms with E-state index in [0.717, 1.165) is 6.42 Å². The van der Waals surface area contributed by atoms with E-state index >= 15 is 0 Å². The number of piperidine rings is 1. The minimum Gasteiger partial charge on any atom is -0.480 e. The third kappa shape index (κ3) is 3.89. The first kappa shape index (κ1) is 16.1. The SMILES string of the molecule is CC1CCN(C(=O)Nc2cc(Cl)ccc2Br)C(C(=O)O)C1. The van der Waals surface area contributed by atoms with Crippen LogP contribution in [0.3, 0.4) is 0 Å². The minimum absolute atomic E-state index is 0.299. The summed E-state index contributed by atoms with van der Waals surface area (Å²) in [5.41, 5.74) is 0.523. The summed E-state index contributed by atoms with van der Waals surface area (Å²) >= 11 is 9.23. The van der Waals surface area contributed by atoms with E-state index in [-0.39, 0.29) is 0 Å². The summed E-state index contributed by atoms with van der Waals surface area (Å²) in [6.07, 6.45) is 1.27. The number of amides is 2. The fourth-order valence-electron chi connectivity index (χ4n) is 2.40. The van der Waals surface area contributed by atoms with Crippen LogP contribution in [0.5, 0.6) is 0 Å². The Balaban J connectivity index is 2.15. The van der Waals surface area contributed by atoms with Crippen molar-refractivity contribution in [3.05, 3.63) is 27.7 Å². The zero-order valence-corrected chi connectivity index (χ0v) is 13.8. The number of nitrogens with zero attached hydrogens (tertiary/aromatic N) is 1. The molecule has 0 saturated carbocycles. The van der Waals surface area contributed by atoms with Gasteiger partial charge in [-0.25, -0.2) is 9.59 Å². The molecule has 7 heteroatoms. The highest BCUT2D eigenvalue weighted by molar-refractivity contribution is 9.10. The summed E-state index contributed by atoms with van der Waals surface area (Å²) in [6, 6.07) is 3.84. The Labute approximate surface area is 136 Å². The number of urea groups is 1. The second-order valence-electron chi connectivity index (χ2n) is 5.23. The second kappa shape index (κ2) is 6.66. The number of halogens is 2. The van der Waals surface area contributed by atoms with E-state index in [9.17, 15) is 14.7 Å². The van der Waals surface area contributed by atoms with Crippen molar-refractivity contribution in [1.82, 2.24) is 4.90 Å². The number of benzene rings is 1. The predicted molar refractivity (Wildman–Crippen MR) is 84.7 cm³/mol. The summed E-state index contributed by atoms with van der Waals surface area (Å²) < 4.78 is 0.692. The van der Waals surface area contributed by atoms with E-state index in [2.05, 4.69) is 21.2 Å². The lowest BCUT2D eigenvalue weighted by atomic mass is 9.93. The maximum atomic E-state index is 12.3. The van der Waals surface area contributed by atoms with Crippen molar-refractivity contribution in [1.29, 1.82) is 0 Å². The molecule has 1 aliphatic rings. The quantitative estimate of drug-likeness (QED) is 0.825. The summed E-state index contributed by atoms with van der Waals surface area (Å²) in [4.78, 5) is 25.0. The zero-order chi connectivity index (χ0) is 15.6. The van der Waals surface area contributed by atoms with Crippen LogP contribution < -0.4 is 5.32 Å². The zero-order valence-electron chi connectivity index (χ0n) is 11.5. The van der Waals surface area contributed by atoms with E-state index in [1.807, 2.05) is 6.92 Å². The van der Waals surface area contributed by atoms with Gasteiger partial charge in [-0.05, 0) is 52.9 Å². The van der Waals surface area contributed by atoms with Gasteiger partial charge in [0.05, 0.1) is 5.69 Å². The Bertz CT molecular complexity index is 567. The van der Waals surface area contributed by atoms with Crippen LogP contribution in [0.25, 0.3) is 0 Å². The minimum atomic E-state index is -0.971. The number of likely N-dealkylation sites (tertiary alicyclic amines) is 1. The number of hydrogen-bond donors (Lipinski definition) is 2. The van der Waals surface area contributed by atoms with E-state index in [1.54, 1.807) is 18.2 Å². The van der Waals surface area contributed by atoms with Gasteiger partial charge in [0.1, 0.15) is 6.04 Å². The number of rotatable bonds is 2. The molecule has 1 saturated heterocycles. The van der Waals surface area contributed by atoms with Gasteiger partial charge in [-0.15, -0.1) is 0 Å². The highest BCUT2D eigenvalue weighted by Gasteiger charge is 2.34. The largest absolute Gasteiger partial charge is 0.480 e. The van der Waals surface area contributed by atoms with Crippen LogP contribution in [-0.4, -0.2) is 34.6 Å². The topological polar surface area (TPSA) is 69.6 Å². The van der Waals surface area contributed by atoms with Crippen LogP contribution in [-0.2, 0) is 4.79 Å². The number of anilines is 1. The molecule has 0 radical (unpaired) electrons. The lowest BCUT2D eigenvalue weighted by molar-refractivity contribution is -0.143. The molecular formula is C14H16BrClN2O3. The van der Waals surface area contributed by atoms with Crippen molar-refractivity contribution in [2.24, 2.45) is 5.92 Å². The van der Waals surface area contributed by atoms with Crippen LogP contribution in [0.15, 0.2) is 22.7 Å². The van der Waals surface area contributed by atoms with Crippen molar-refractivity contribution in [3.63, 3.8) is 0 Å². The third-order valence-electron chi connectivity index (χ3n) is 3.58. The summed E-state index contributed by atoms with van der Waals surface area (Å²) in [6.45, 7) is 2.43. The normalized spacial score (nSPS) is 22.0. The van der Waals surface area contributed by atoms with Crippen molar-refractivity contribution >= 4 is 45.2 Å². The molecule has 0 spiro atoms. The molecular weight excluding hydrogens is 360 g/mol. The van der Waals surface area contributed by atoms with Crippen molar-refractivity contribution in [2.75, 3.05) is 11.9 Å². The van der Waals surface area contributed by atoms with Gasteiger partial charge in [-0.3, -0.25) is 0 Å². The van der Waals surface area contributed by atoms with Crippen molar-refractivity contribution in [2.45, 2.75) is 25.8 Å². The molecule has 0 aliphatic carbocycles. The molecule has 1 aromatic carbocycles. The Hall–Kier alpha value is -1.27. The molecule has 2 N–H and O–H groups in total. The molecule has 5 nitrogen and oxygen atoms in total. The average Bonchev–Trinajstić information content (AvgIpc) is 2.42. The van der Waals surface area contributed by atoms with Crippen LogP contribution in [0.2, 0.25) is 5.02 Å². The Kier molecular flexibility index (Phi) is 5.11. The number of carbonyl (C=O) groups excluding carboxylic acids is 1. The summed E-state index contributed by atoms with van der Waals surface area (Å²) in [5, 5.41) is 12.5. The monoisotopic (exact) mass is 374 g/mol. The number of carbonyl (C=O) groups is 2. The van der Waals surface area contributed by atoms with E-state index < -0.39 is 18.0 Å². The van der Waals surface area contributed by atoms with Gasteiger partial charge >= 0.3 is 12.0 Å². The van der Waals surface area contributed by atoms with Gasteiger partial charge in [-0.2, -0.15) is 0 Å². The summed E-state index contributed by atoms with van der Waals surface area (Å²) in [5.74, 6) is -0.671. The number of nitrogens with one attached hydrogen (secondary N) is 1. The fourth-order valence-corrected chi connectivity index (χ4v) is 2.92. The molecule has 1 aromatic rings. The van der Waals surface area contributed by atoms with Crippen molar-refractivity contribution < 1.29 is 14.7 Å². The first-order chi connectivity index (χ1) is 9.88. The van der Waals surface area contributed by atoms with Crippen LogP contribution in [0, 0.1) is 5.92 Å². The van der Waals surface area contributed by atoms with Gasteiger partial charge in [0.25, 0.3) is 0 Å². The average molecular weight is 376 g/mol. The van der Waals surface area contributed by atoms with Crippen LogP contribution in [0.1, 0.15) is 19.8 Å². The Morgan fingerprint density at radius 3 is 2.86 bits per heavy atom. The fraction of sp³-hybridized carbons (Fsp3) is 0.429. The third-order valence-corrected chi connectivity index (χ3v) is 4.51. The maximum Gasteiger partial charge on any atom is 0.326 e. The molecule has 1 fully saturated rings. The predicted octanol–water partition coefficient (Wildman–Crippen LogP) is 3.82. The number of aliphatic carboxylic acids is 1. The Morgan fingerprint density at radius 1 is 1.48 bits per heavy atom. The molecule has 0 aromatic heterocycles. The molecule has 2 amide bonds. The lowest BCUT2D eigenvalue weighted by Gasteiger charge is -2.35. The number of carboxylic acid groups (broad SMARTS) is 1. The molecule has 2 rings (SSSR count). The van der Waals surface area contributed by atoms with E-state index in [4.69, 9.17) is 11.6 Å². The number of hydrogen-bond acceptors (Lipinski definition) is 2. The molecule has 1 aliphatic heterocycles. The second-order valence-corrected chi connectivity index (χ2v) is 6.52. The molecule has 21 heavy (non-hydrogen) atoms. The molecule has 1 heterocycles. The van der Waals surface area contributed by atoms with Gasteiger partial charge in [0.15, 0.2) is 0 Å². The molecule has 114 valence electrons. The summed E-state index contributed by atoms with van der Waals surface area (Å²) in [7, 11) is 0. The smallest absolute Gasteiger partial charge is 0.326 e. The first-order valence-electron chi connectivity index (χ1n) is 6.64. The molecule has 2 unspecified atom stereocenters. The first-order valence-corrected chi connectivity index (χ1v) is 7.81. The van der Waals surface area contributed by atoms with E-state index in [0.29, 0.717) is 34.1 Å². The number of carboxylic acids is 1. The maximum absolute atomic E-state index is 12.3. The van der Waals surface area contributed by atoms with Crippen molar-refractivity contribution in [3.8, 4) is 0 Å². The highest BCUT2D eigenvalue weighted by atomic mass is 79.9. The van der Waals surface area contributed by atoms with E-state index in [1.165, 1.54) is 4.90 Å². The molecule has 2 atom stereocenters. The molecule has 0 bridgehead atoms. The van der Waals surface area contributed by atoms with Crippen LogP contribution >= 0.6 is 27.5 Å². The van der Waals surface area contributed by atoms with Crippen LogP contribution in [0.4, 0.5) is 10.5 Å². The van der Waals surface area contributed by atoms with Gasteiger partial charge in [-0.1, -0.05) is 18.5 Å². The standard InChI is InChI=1S/C14H16BrClN2O3/c1-8-4-5-18(12(6-8)13(19)20)14(21)17-11-7-9(16)2-3-10(11)15/h2-3,7-8,12H,4-6H2,1H3,(H,17,21)(H,19,20). The van der Waals surface area contributed by atoms with Gasteiger partial charge < -0.3 is 15.3 Å².